The highest BCUT2D eigenvalue weighted by atomic mass is 32.2. The lowest BCUT2D eigenvalue weighted by atomic mass is 9.98. The summed E-state index contributed by atoms with van der Waals surface area (Å²) in [4.78, 5) is 24.2. The van der Waals surface area contributed by atoms with Gasteiger partial charge in [0.25, 0.3) is 5.91 Å². The number of hydrogen-bond acceptors (Lipinski definition) is 6. The van der Waals surface area contributed by atoms with Crippen LogP contribution in [0.1, 0.15) is 18.4 Å². The van der Waals surface area contributed by atoms with Crippen molar-refractivity contribution in [2.75, 3.05) is 32.1 Å². The molecule has 33 heavy (non-hydrogen) atoms. The first-order chi connectivity index (χ1) is 15.6. The third kappa shape index (κ3) is 5.85. The van der Waals surface area contributed by atoms with E-state index in [9.17, 15) is 26.8 Å². The molecule has 0 aromatic heterocycles. The van der Waals surface area contributed by atoms with Gasteiger partial charge in [-0.25, -0.2) is 17.2 Å². The number of nitrogens with zero attached hydrogens (tertiary/aromatic N) is 1. The molecule has 178 valence electrons. The van der Waals surface area contributed by atoms with Crippen LogP contribution in [-0.2, 0) is 24.3 Å². The molecule has 1 saturated heterocycles. The molecule has 1 fully saturated rings. The van der Waals surface area contributed by atoms with Gasteiger partial charge in [-0.2, -0.15) is 4.31 Å². The number of esters is 1. The predicted octanol–water partition coefficient (Wildman–Crippen LogP) is 2.86. The van der Waals surface area contributed by atoms with E-state index in [1.807, 2.05) is 13.0 Å². The summed E-state index contributed by atoms with van der Waals surface area (Å²) in [7, 11) is -2.55. The molecule has 0 atom stereocenters. The maximum atomic E-state index is 13.4. The van der Waals surface area contributed by atoms with Crippen LogP contribution in [0.5, 0.6) is 5.75 Å². The average molecular weight is 483 g/mol. The molecule has 0 spiro atoms. The van der Waals surface area contributed by atoms with Gasteiger partial charge in [0.05, 0.1) is 23.6 Å². The van der Waals surface area contributed by atoms with E-state index in [1.165, 1.54) is 7.11 Å². The van der Waals surface area contributed by atoms with E-state index < -0.39 is 46.1 Å². The Balaban J connectivity index is 1.52. The number of amides is 1. The number of sulfonamides is 1. The molecule has 0 bridgehead atoms. The summed E-state index contributed by atoms with van der Waals surface area (Å²) >= 11 is 0. The van der Waals surface area contributed by atoms with E-state index in [4.69, 9.17) is 9.47 Å². The lowest BCUT2D eigenvalue weighted by Crippen LogP contribution is -2.41. The molecule has 0 saturated carbocycles. The van der Waals surface area contributed by atoms with Crippen LogP contribution in [0.4, 0.5) is 14.5 Å². The van der Waals surface area contributed by atoms with Crippen molar-refractivity contribution in [2.45, 2.75) is 24.7 Å². The predicted molar refractivity (Wildman–Crippen MR) is 115 cm³/mol. The van der Waals surface area contributed by atoms with Crippen molar-refractivity contribution in [3.8, 4) is 5.75 Å². The summed E-state index contributed by atoms with van der Waals surface area (Å²) in [6, 6.07) is 7.64. The topological polar surface area (TPSA) is 102 Å². The smallest absolute Gasteiger partial charge is 0.309 e. The van der Waals surface area contributed by atoms with E-state index in [-0.39, 0.29) is 30.8 Å². The average Bonchev–Trinajstić information content (AvgIpc) is 2.79. The Kier molecular flexibility index (Phi) is 7.65. The van der Waals surface area contributed by atoms with Gasteiger partial charge in [0.15, 0.2) is 18.2 Å². The Labute approximate surface area is 190 Å². The van der Waals surface area contributed by atoms with E-state index in [1.54, 1.807) is 12.1 Å². The van der Waals surface area contributed by atoms with Gasteiger partial charge < -0.3 is 14.8 Å². The van der Waals surface area contributed by atoms with E-state index >= 15 is 0 Å². The van der Waals surface area contributed by atoms with Gasteiger partial charge in [0.1, 0.15) is 5.75 Å². The lowest BCUT2D eigenvalue weighted by molar-refractivity contribution is -0.152. The Morgan fingerprint density at radius 1 is 1.09 bits per heavy atom. The third-order valence-electron chi connectivity index (χ3n) is 5.29. The van der Waals surface area contributed by atoms with Crippen molar-refractivity contribution in [3.05, 3.63) is 53.6 Å². The van der Waals surface area contributed by atoms with Gasteiger partial charge in [-0.1, -0.05) is 6.07 Å². The molecule has 8 nitrogen and oxygen atoms in total. The second-order valence-electron chi connectivity index (χ2n) is 7.61. The van der Waals surface area contributed by atoms with Crippen LogP contribution in [0.3, 0.4) is 0 Å². The Hall–Kier alpha value is -3.05. The Bertz CT molecular complexity index is 1150. The lowest BCUT2D eigenvalue weighted by Gasteiger charge is -2.30. The van der Waals surface area contributed by atoms with Crippen LogP contribution < -0.4 is 10.1 Å². The number of benzene rings is 2. The minimum Gasteiger partial charge on any atom is -0.495 e. The zero-order valence-electron chi connectivity index (χ0n) is 18.1. The van der Waals surface area contributed by atoms with Gasteiger partial charge in [-0.05, 0) is 55.7 Å². The number of ether oxygens (including phenoxy) is 2. The molecule has 1 amide bonds. The highest BCUT2D eigenvalue weighted by Gasteiger charge is 2.33. The van der Waals surface area contributed by atoms with Crippen molar-refractivity contribution in [1.82, 2.24) is 4.31 Å². The quantitative estimate of drug-likeness (QED) is 0.609. The Morgan fingerprint density at radius 2 is 1.79 bits per heavy atom. The molecule has 0 radical (unpaired) electrons. The number of nitrogens with one attached hydrogen (secondary N) is 1. The number of carbonyl (C=O) groups is 2. The molecule has 1 aliphatic heterocycles. The SMILES string of the molecule is COc1ccc(C)cc1NC(=O)COC(=O)C1CCN(S(=O)(=O)c2ccc(F)c(F)c2)CC1. The maximum absolute atomic E-state index is 13.4. The standard InChI is InChI=1S/C22H24F2N2O6S/c1-14-3-6-20(31-2)19(11-14)25-21(27)13-32-22(28)15-7-9-26(10-8-15)33(29,30)16-4-5-17(23)18(24)12-16/h3-6,11-12,15H,7-10,13H2,1-2H3,(H,25,27). The maximum Gasteiger partial charge on any atom is 0.309 e. The van der Waals surface area contributed by atoms with E-state index in [0.29, 0.717) is 17.5 Å². The minimum atomic E-state index is -4.02. The monoisotopic (exact) mass is 482 g/mol. The van der Waals surface area contributed by atoms with Crippen LogP contribution in [0.2, 0.25) is 0 Å². The van der Waals surface area contributed by atoms with Crippen LogP contribution in [0.15, 0.2) is 41.3 Å². The molecule has 1 aliphatic rings. The number of piperidine rings is 1. The van der Waals surface area contributed by atoms with Crippen molar-refractivity contribution >= 4 is 27.6 Å². The number of hydrogen-bond donors (Lipinski definition) is 1. The number of methoxy groups -OCH3 is 1. The molecule has 2 aromatic carbocycles. The van der Waals surface area contributed by atoms with Crippen LogP contribution in [-0.4, -0.2) is 51.4 Å². The van der Waals surface area contributed by atoms with Gasteiger partial charge >= 0.3 is 5.97 Å². The number of halogens is 2. The first-order valence-corrected chi connectivity index (χ1v) is 11.6. The second kappa shape index (κ2) is 10.3. The van der Waals surface area contributed by atoms with Gasteiger partial charge in [-0.3, -0.25) is 9.59 Å². The first-order valence-electron chi connectivity index (χ1n) is 10.2. The van der Waals surface area contributed by atoms with Gasteiger partial charge in [0, 0.05) is 13.1 Å². The molecule has 1 N–H and O–H groups in total. The minimum absolute atomic E-state index is 0.00772. The highest BCUT2D eigenvalue weighted by molar-refractivity contribution is 7.89. The second-order valence-corrected chi connectivity index (χ2v) is 9.55. The third-order valence-corrected chi connectivity index (χ3v) is 7.19. The summed E-state index contributed by atoms with van der Waals surface area (Å²) < 4.78 is 63.2. The van der Waals surface area contributed by atoms with E-state index in [0.717, 1.165) is 22.0 Å². The molecular weight excluding hydrogens is 458 g/mol. The molecule has 11 heteroatoms. The molecule has 3 rings (SSSR count). The number of aryl methyl sites for hydroxylation is 1. The summed E-state index contributed by atoms with van der Waals surface area (Å²) in [6.07, 6.45) is 0.351. The summed E-state index contributed by atoms with van der Waals surface area (Å²) in [5.41, 5.74) is 1.36. The van der Waals surface area contributed by atoms with Crippen molar-refractivity contribution in [3.63, 3.8) is 0 Å². The largest absolute Gasteiger partial charge is 0.495 e. The fourth-order valence-corrected chi connectivity index (χ4v) is 4.96. The van der Waals surface area contributed by atoms with Gasteiger partial charge in [0.2, 0.25) is 10.0 Å². The summed E-state index contributed by atoms with van der Waals surface area (Å²) in [5.74, 6) is -3.65. The summed E-state index contributed by atoms with van der Waals surface area (Å²) in [6.45, 7) is 1.37. The number of anilines is 1. The molecule has 2 aromatic rings. The van der Waals surface area contributed by atoms with Crippen LogP contribution in [0, 0.1) is 24.5 Å². The fraction of sp³-hybridized carbons (Fsp3) is 0.364. The van der Waals surface area contributed by atoms with Crippen LogP contribution >= 0.6 is 0 Å². The fourth-order valence-electron chi connectivity index (χ4n) is 3.48. The molecule has 1 heterocycles. The zero-order chi connectivity index (χ0) is 24.2. The molecule has 0 unspecified atom stereocenters. The Morgan fingerprint density at radius 3 is 2.42 bits per heavy atom. The zero-order valence-corrected chi connectivity index (χ0v) is 19.0. The number of rotatable bonds is 7. The van der Waals surface area contributed by atoms with Crippen molar-refractivity contribution in [2.24, 2.45) is 5.92 Å². The van der Waals surface area contributed by atoms with Crippen molar-refractivity contribution in [1.29, 1.82) is 0 Å². The van der Waals surface area contributed by atoms with E-state index in [2.05, 4.69) is 5.32 Å². The molecular formula is C22H24F2N2O6S. The highest BCUT2D eigenvalue weighted by Crippen LogP contribution is 2.27. The van der Waals surface area contributed by atoms with Crippen LogP contribution in [0.25, 0.3) is 0 Å². The first kappa shape index (κ1) is 24.6. The van der Waals surface area contributed by atoms with Gasteiger partial charge in [-0.15, -0.1) is 0 Å². The summed E-state index contributed by atoms with van der Waals surface area (Å²) in [5, 5.41) is 2.63. The number of carbonyl (C=O) groups excluding carboxylic acids is 2. The van der Waals surface area contributed by atoms with Crippen molar-refractivity contribution < 1.29 is 36.3 Å². The normalized spacial score (nSPS) is 15.2. The molecule has 0 aliphatic carbocycles.